The summed E-state index contributed by atoms with van der Waals surface area (Å²) in [7, 11) is 0. The summed E-state index contributed by atoms with van der Waals surface area (Å²) in [5.74, 6) is 0.151. The van der Waals surface area contributed by atoms with Crippen LogP contribution in [-0.2, 0) is 16.8 Å². The van der Waals surface area contributed by atoms with Crippen molar-refractivity contribution < 1.29 is 4.79 Å². The van der Waals surface area contributed by atoms with Crippen LogP contribution in [0.15, 0.2) is 48.8 Å². The van der Waals surface area contributed by atoms with Gasteiger partial charge in [0.2, 0.25) is 5.91 Å². The van der Waals surface area contributed by atoms with Crippen LogP contribution in [0.25, 0.3) is 16.6 Å². The number of carbonyl (C=O) groups is 1. The second-order valence-electron chi connectivity index (χ2n) is 7.84. The van der Waals surface area contributed by atoms with Gasteiger partial charge in [-0.3, -0.25) is 4.79 Å². The maximum Gasteiger partial charge on any atom is 0.227 e. The van der Waals surface area contributed by atoms with E-state index in [-0.39, 0.29) is 11.4 Å². The molecular formula is C22H23N5O. The molecule has 3 aromatic heterocycles. The minimum Gasteiger partial charge on any atom is -0.361 e. The summed E-state index contributed by atoms with van der Waals surface area (Å²) in [5, 5.41) is 5.74. The third kappa shape index (κ3) is 2.52. The molecule has 0 bridgehead atoms. The minimum atomic E-state index is -0.386. The van der Waals surface area contributed by atoms with Gasteiger partial charge < -0.3 is 9.88 Å². The number of para-hydroxylation sites is 1. The quantitative estimate of drug-likeness (QED) is 0.597. The van der Waals surface area contributed by atoms with Crippen molar-refractivity contribution in [2.75, 3.05) is 6.54 Å². The van der Waals surface area contributed by atoms with Gasteiger partial charge in [-0.1, -0.05) is 18.2 Å². The van der Waals surface area contributed by atoms with Crippen LogP contribution in [0.3, 0.4) is 0 Å². The van der Waals surface area contributed by atoms with Crippen molar-refractivity contribution in [1.29, 1.82) is 0 Å². The van der Waals surface area contributed by atoms with E-state index in [2.05, 4.69) is 28.1 Å². The summed E-state index contributed by atoms with van der Waals surface area (Å²) in [4.78, 5) is 23.1. The maximum absolute atomic E-state index is 13.4. The van der Waals surface area contributed by atoms with Gasteiger partial charge in [0.15, 0.2) is 5.65 Å². The number of H-pyrrole nitrogens is 1. The summed E-state index contributed by atoms with van der Waals surface area (Å²) in [6.45, 7) is 4.88. The highest BCUT2D eigenvalue weighted by molar-refractivity contribution is 5.89. The number of carbonyl (C=O) groups excluding carboxylic acids is 1. The van der Waals surface area contributed by atoms with Gasteiger partial charge in [-0.15, -0.1) is 0 Å². The third-order valence-corrected chi connectivity index (χ3v) is 5.99. The van der Waals surface area contributed by atoms with E-state index in [9.17, 15) is 4.79 Å². The van der Waals surface area contributed by atoms with Crippen LogP contribution < -0.4 is 0 Å². The van der Waals surface area contributed by atoms with Gasteiger partial charge in [0, 0.05) is 35.9 Å². The first-order chi connectivity index (χ1) is 13.6. The minimum absolute atomic E-state index is 0.151. The largest absolute Gasteiger partial charge is 0.361 e. The van der Waals surface area contributed by atoms with Gasteiger partial charge in [0.25, 0.3) is 0 Å². The van der Waals surface area contributed by atoms with Crippen LogP contribution in [0.5, 0.6) is 0 Å². The van der Waals surface area contributed by atoms with Gasteiger partial charge in [0.05, 0.1) is 23.3 Å². The SMILES string of the molecule is Cc1cc2nccc([C@@]3(C)CCCN3C(=O)Cc3c[nH]c4ccccc34)n2n1. The van der Waals surface area contributed by atoms with E-state index in [0.717, 1.165) is 52.9 Å². The Morgan fingerprint density at radius 3 is 3.04 bits per heavy atom. The molecule has 1 aromatic carbocycles. The number of hydrogen-bond acceptors (Lipinski definition) is 3. The smallest absolute Gasteiger partial charge is 0.227 e. The maximum atomic E-state index is 13.4. The van der Waals surface area contributed by atoms with Gasteiger partial charge in [-0.2, -0.15) is 5.10 Å². The Morgan fingerprint density at radius 2 is 2.14 bits per heavy atom. The summed E-state index contributed by atoms with van der Waals surface area (Å²) >= 11 is 0. The Labute approximate surface area is 163 Å². The van der Waals surface area contributed by atoms with E-state index >= 15 is 0 Å². The Bertz CT molecular complexity index is 1190. The summed E-state index contributed by atoms with van der Waals surface area (Å²) in [5.41, 5.74) is 4.51. The molecule has 1 aliphatic rings. The lowest BCUT2D eigenvalue weighted by Crippen LogP contribution is -2.44. The van der Waals surface area contributed by atoms with E-state index in [1.807, 2.05) is 59.1 Å². The molecule has 1 fully saturated rings. The van der Waals surface area contributed by atoms with Gasteiger partial charge in [-0.25, -0.2) is 9.50 Å². The molecule has 5 rings (SSSR count). The first-order valence-corrected chi connectivity index (χ1v) is 9.73. The first kappa shape index (κ1) is 17.0. The number of amides is 1. The van der Waals surface area contributed by atoms with E-state index in [1.54, 1.807) is 0 Å². The zero-order valence-electron chi connectivity index (χ0n) is 16.1. The number of likely N-dealkylation sites (tertiary alicyclic amines) is 1. The van der Waals surface area contributed by atoms with E-state index < -0.39 is 0 Å². The highest BCUT2D eigenvalue weighted by Crippen LogP contribution is 2.39. The number of aromatic amines is 1. The standard InChI is InChI=1S/C22H23N5O/c1-15-12-20-23-10-8-19(27(20)25-15)22(2)9-5-11-26(22)21(28)13-16-14-24-18-7-4-3-6-17(16)18/h3-4,6-8,10,12,14,24H,5,9,11,13H2,1-2H3/t22-/m1/s1. The van der Waals surface area contributed by atoms with Crippen LogP contribution in [0.1, 0.15) is 36.7 Å². The van der Waals surface area contributed by atoms with Gasteiger partial charge >= 0.3 is 0 Å². The molecule has 0 saturated carbocycles. The topological polar surface area (TPSA) is 66.3 Å². The molecule has 4 aromatic rings. The molecule has 6 heteroatoms. The van der Waals surface area contributed by atoms with Crippen molar-refractivity contribution in [3.05, 3.63) is 65.7 Å². The van der Waals surface area contributed by atoms with E-state index in [1.165, 1.54) is 0 Å². The van der Waals surface area contributed by atoms with Crippen molar-refractivity contribution >= 4 is 22.5 Å². The van der Waals surface area contributed by atoms with Crippen molar-refractivity contribution in [1.82, 2.24) is 24.5 Å². The Morgan fingerprint density at radius 1 is 1.29 bits per heavy atom. The predicted molar refractivity (Wildman–Crippen MR) is 108 cm³/mol. The zero-order valence-corrected chi connectivity index (χ0v) is 16.1. The highest BCUT2D eigenvalue weighted by Gasteiger charge is 2.42. The molecular weight excluding hydrogens is 350 g/mol. The first-order valence-electron chi connectivity index (χ1n) is 9.73. The number of benzene rings is 1. The molecule has 1 atom stereocenters. The Hall–Kier alpha value is -3.15. The zero-order chi connectivity index (χ0) is 19.3. The fourth-order valence-electron chi connectivity index (χ4n) is 4.58. The molecule has 1 N–H and O–H groups in total. The predicted octanol–water partition coefficient (Wildman–Crippen LogP) is 3.60. The summed E-state index contributed by atoms with van der Waals surface area (Å²) in [6.07, 6.45) is 6.08. The van der Waals surface area contributed by atoms with Crippen molar-refractivity contribution in [2.24, 2.45) is 0 Å². The molecule has 0 aliphatic carbocycles. The van der Waals surface area contributed by atoms with Crippen LogP contribution >= 0.6 is 0 Å². The molecule has 1 amide bonds. The molecule has 1 saturated heterocycles. The number of aryl methyl sites for hydroxylation is 1. The molecule has 0 unspecified atom stereocenters. The molecule has 0 radical (unpaired) electrons. The van der Waals surface area contributed by atoms with Gasteiger partial charge in [0.1, 0.15) is 0 Å². The molecule has 0 spiro atoms. The monoisotopic (exact) mass is 373 g/mol. The van der Waals surface area contributed by atoms with Gasteiger partial charge in [-0.05, 0) is 44.4 Å². The number of nitrogens with one attached hydrogen (secondary N) is 1. The normalized spacial score (nSPS) is 19.7. The average Bonchev–Trinajstić information content (AvgIpc) is 3.38. The average molecular weight is 373 g/mol. The molecule has 142 valence electrons. The number of fused-ring (bicyclic) bond motifs is 2. The fourth-order valence-corrected chi connectivity index (χ4v) is 4.58. The molecule has 4 heterocycles. The van der Waals surface area contributed by atoms with Crippen molar-refractivity contribution in [3.63, 3.8) is 0 Å². The van der Waals surface area contributed by atoms with Crippen molar-refractivity contribution in [2.45, 2.75) is 38.6 Å². The van der Waals surface area contributed by atoms with E-state index in [0.29, 0.717) is 6.42 Å². The number of rotatable bonds is 3. The second-order valence-corrected chi connectivity index (χ2v) is 7.84. The van der Waals surface area contributed by atoms with Crippen LogP contribution in [-0.4, -0.2) is 36.9 Å². The lowest BCUT2D eigenvalue weighted by molar-refractivity contribution is -0.134. The molecule has 6 nitrogen and oxygen atoms in total. The van der Waals surface area contributed by atoms with E-state index in [4.69, 9.17) is 0 Å². The third-order valence-electron chi connectivity index (χ3n) is 5.99. The number of aromatic nitrogens is 4. The van der Waals surface area contributed by atoms with Crippen molar-refractivity contribution in [3.8, 4) is 0 Å². The molecule has 1 aliphatic heterocycles. The van der Waals surface area contributed by atoms with Crippen LogP contribution in [0, 0.1) is 6.92 Å². The van der Waals surface area contributed by atoms with Crippen LogP contribution in [0.4, 0.5) is 0 Å². The molecule has 28 heavy (non-hydrogen) atoms. The summed E-state index contributed by atoms with van der Waals surface area (Å²) in [6, 6.07) is 12.1. The highest BCUT2D eigenvalue weighted by atomic mass is 16.2. The van der Waals surface area contributed by atoms with Crippen LogP contribution in [0.2, 0.25) is 0 Å². The number of hydrogen-bond donors (Lipinski definition) is 1. The fraction of sp³-hybridized carbons (Fsp3) is 0.318. The second kappa shape index (κ2) is 6.19. The Kier molecular flexibility index (Phi) is 3.75. The lowest BCUT2D eigenvalue weighted by Gasteiger charge is -2.35. The Balaban J connectivity index is 1.51. The number of nitrogens with zero attached hydrogens (tertiary/aromatic N) is 4. The summed E-state index contributed by atoms with van der Waals surface area (Å²) < 4.78 is 1.90. The lowest BCUT2D eigenvalue weighted by atomic mass is 9.93.